The topological polar surface area (TPSA) is 95.9 Å². The predicted molar refractivity (Wildman–Crippen MR) is 389 cm³/mol. The Hall–Kier alpha value is -1.66. The summed E-state index contributed by atoms with van der Waals surface area (Å²) in [6.07, 6.45) is 99.9. The number of hydrogen-bond acceptors (Lipinski definition) is 5. The number of carbonyl (C=O) groups is 2. The van der Waals surface area contributed by atoms with Gasteiger partial charge in [0, 0.05) is 12.8 Å². The molecule has 0 aromatic rings. The van der Waals surface area contributed by atoms with Gasteiger partial charge in [-0.25, -0.2) is 0 Å². The predicted octanol–water partition coefficient (Wildman–Crippen LogP) is 26.8. The third-order valence-corrected chi connectivity index (χ3v) is 19.3. The van der Waals surface area contributed by atoms with Gasteiger partial charge in [-0.05, 0) is 57.8 Å². The van der Waals surface area contributed by atoms with Crippen LogP contribution in [0.2, 0.25) is 0 Å². The average Bonchev–Trinajstić information content (AvgIpc) is 3.58. The molecule has 0 aromatic heterocycles. The Labute approximate surface area is 551 Å². The molecule has 6 heteroatoms. The number of hydrogen-bond donors (Lipinski definition) is 3. The summed E-state index contributed by atoms with van der Waals surface area (Å²) in [5.74, 6) is -0.00613. The Morgan fingerprint density at radius 1 is 0.318 bits per heavy atom. The maximum Gasteiger partial charge on any atom is 0.305 e. The average molecular weight is 1240 g/mol. The molecular weight excluding hydrogens is 1080 g/mol. The van der Waals surface area contributed by atoms with Crippen molar-refractivity contribution in [2.45, 2.75) is 475 Å². The first-order valence-corrected chi connectivity index (χ1v) is 40.6. The molecule has 0 spiro atoms. The molecule has 0 radical (unpaired) electrons. The number of aliphatic hydroxyl groups excluding tert-OH is 2. The first-order chi connectivity index (χ1) is 43.5. The molecule has 0 saturated carbocycles. The molecule has 0 aliphatic heterocycles. The zero-order valence-electron chi connectivity index (χ0n) is 60.0. The molecule has 1 amide bonds. The third kappa shape index (κ3) is 73.4. The SMILES string of the molecule is CCCCCCCCCCCCCCCCCCCCCCC(O)C(CO)NC(=O)CCCCCCCCCCCCCCCCCCC/C=C\C/C=C\CCCCCCCCCCCCCOC(=O)CCCCCCCCCCCCCCCCCC. The van der Waals surface area contributed by atoms with Crippen molar-refractivity contribution in [3.63, 3.8) is 0 Å². The number of amides is 1. The van der Waals surface area contributed by atoms with Gasteiger partial charge < -0.3 is 20.3 Å². The van der Waals surface area contributed by atoms with E-state index in [1.807, 2.05) is 0 Å². The number of unbranched alkanes of at least 4 members (excludes halogenated alkanes) is 62. The van der Waals surface area contributed by atoms with Crippen LogP contribution in [0.5, 0.6) is 0 Å². The second-order valence-corrected chi connectivity index (χ2v) is 28.1. The number of nitrogens with one attached hydrogen (secondary N) is 1. The number of carbonyl (C=O) groups excluding carboxylic acids is 2. The van der Waals surface area contributed by atoms with E-state index in [2.05, 4.69) is 43.5 Å². The summed E-state index contributed by atoms with van der Waals surface area (Å²) >= 11 is 0. The van der Waals surface area contributed by atoms with E-state index in [1.54, 1.807) is 0 Å². The number of esters is 1. The van der Waals surface area contributed by atoms with Crippen LogP contribution in [0, 0.1) is 0 Å². The molecule has 0 fully saturated rings. The molecule has 0 saturated heterocycles. The maximum atomic E-state index is 12.6. The summed E-state index contributed by atoms with van der Waals surface area (Å²) in [4.78, 5) is 24.7. The minimum absolute atomic E-state index is 0.0213. The smallest absolute Gasteiger partial charge is 0.305 e. The van der Waals surface area contributed by atoms with Gasteiger partial charge in [0.1, 0.15) is 0 Å². The van der Waals surface area contributed by atoms with E-state index in [-0.39, 0.29) is 18.5 Å². The molecule has 0 rings (SSSR count). The van der Waals surface area contributed by atoms with Gasteiger partial charge in [-0.3, -0.25) is 9.59 Å². The molecule has 0 aliphatic rings. The summed E-state index contributed by atoms with van der Waals surface area (Å²) in [5.41, 5.74) is 0. The molecule has 522 valence electrons. The van der Waals surface area contributed by atoms with Crippen LogP contribution in [0.15, 0.2) is 24.3 Å². The van der Waals surface area contributed by atoms with E-state index in [0.29, 0.717) is 25.9 Å². The normalized spacial score (nSPS) is 12.5. The number of aliphatic hydroxyl groups is 2. The minimum Gasteiger partial charge on any atom is -0.466 e. The number of ether oxygens (including phenoxy) is 1. The highest BCUT2D eigenvalue weighted by Gasteiger charge is 2.20. The fourth-order valence-electron chi connectivity index (χ4n) is 13.1. The summed E-state index contributed by atoms with van der Waals surface area (Å²) in [7, 11) is 0. The number of rotatable bonds is 77. The third-order valence-electron chi connectivity index (χ3n) is 19.3. The Balaban J connectivity index is 3.36. The molecule has 2 unspecified atom stereocenters. The van der Waals surface area contributed by atoms with E-state index >= 15 is 0 Å². The fourth-order valence-corrected chi connectivity index (χ4v) is 13.1. The molecule has 3 N–H and O–H groups in total. The molecule has 0 aromatic carbocycles. The first-order valence-electron chi connectivity index (χ1n) is 40.6. The highest BCUT2D eigenvalue weighted by molar-refractivity contribution is 5.76. The van der Waals surface area contributed by atoms with E-state index in [1.165, 1.54) is 385 Å². The van der Waals surface area contributed by atoms with Gasteiger partial charge in [-0.1, -0.05) is 417 Å². The second kappa shape index (κ2) is 77.8. The lowest BCUT2D eigenvalue weighted by atomic mass is 10.0. The summed E-state index contributed by atoms with van der Waals surface area (Å²) in [5, 5.41) is 23.4. The van der Waals surface area contributed by atoms with Crippen molar-refractivity contribution >= 4 is 11.9 Å². The zero-order chi connectivity index (χ0) is 63.5. The molecule has 88 heavy (non-hydrogen) atoms. The standard InChI is InChI=1S/C82H159NO5/c1-3-5-7-9-11-13-15-17-19-21-22-40-43-46-50-54-58-62-66-70-74-80(85)79(78-84)83-81(86)75-71-67-63-59-55-51-47-44-41-38-36-34-32-30-28-26-24-23-25-27-29-31-33-35-37-39-42-45-49-53-57-61-65-69-73-77-88-82(87)76-72-68-64-60-56-52-48-20-18-16-14-12-10-8-6-4-2/h25,27,31,33,79-80,84-85H,3-24,26,28-30,32,34-78H2,1-2H3,(H,83,86)/b27-25-,33-31-. The van der Waals surface area contributed by atoms with Gasteiger partial charge in [-0.15, -0.1) is 0 Å². The molecule has 2 atom stereocenters. The first kappa shape index (κ1) is 86.3. The highest BCUT2D eigenvalue weighted by Crippen LogP contribution is 2.20. The van der Waals surface area contributed by atoms with Crippen LogP contribution in [0.3, 0.4) is 0 Å². The molecule has 0 heterocycles. The van der Waals surface area contributed by atoms with Crippen molar-refractivity contribution in [2.75, 3.05) is 13.2 Å². The summed E-state index contributed by atoms with van der Waals surface area (Å²) in [6, 6.07) is -0.540. The molecule has 0 aliphatic carbocycles. The quantitative estimate of drug-likeness (QED) is 0.0320. The van der Waals surface area contributed by atoms with Crippen molar-refractivity contribution in [3.05, 3.63) is 24.3 Å². The lowest BCUT2D eigenvalue weighted by Gasteiger charge is -2.22. The Kier molecular flexibility index (Phi) is 76.3. The van der Waals surface area contributed by atoms with Gasteiger partial charge in [-0.2, -0.15) is 0 Å². The summed E-state index contributed by atoms with van der Waals surface area (Å²) < 4.78 is 5.51. The van der Waals surface area contributed by atoms with E-state index < -0.39 is 12.1 Å². The largest absolute Gasteiger partial charge is 0.466 e. The van der Waals surface area contributed by atoms with Crippen LogP contribution in [-0.4, -0.2) is 47.4 Å². The van der Waals surface area contributed by atoms with Gasteiger partial charge in [0.25, 0.3) is 0 Å². The van der Waals surface area contributed by atoms with Gasteiger partial charge >= 0.3 is 5.97 Å². The van der Waals surface area contributed by atoms with Gasteiger partial charge in [0.2, 0.25) is 5.91 Å². The van der Waals surface area contributed by atoms with Crippen molar-refractivity contribution in [2.24, 2.45) is 0 Å². The van der Waals surface area contributed by atoms with Crippen LogP contribution in [0.4, 0.5) is 0 Å². The van der Waals surface area contributed by atoms with Crippen LogP contribution >= 0.6 is 0 Å². The van der Waals surface area contributed by atoms with Gasteiger partial charge in [0.05, 0.1) is 25.4 Å². The second-order valence-electron chi connectivity index (χ2n) is 28.1. The Morgan fingerprint density at radius 3 is 0.864 bits per heavy atom. The summed E-state index contributed by atoms with van der Waals surface area (Å²) in [6.45, 7) is 5.01. The van der Waals surface area contributed by atoms with Crippen molar-refractivity contribution in [3.8, 4) is 0 Å². The van der Waals surface area contributed by atoms with Crippen LogP contribution in [0.1, 0.15) is 463 Å². The lowest BCUT2D eigenvalue weighted by Crippen LogP contribution is -2.45. The van der Waals surface area contributed by atoms with E-state index in [0.717, 1.165) is 44.9 Å². The Morgan fingerprint density at radius 2 is 0.568 bits per heavy atom. The molecule has 0 bridgehead atoms. The fraction of sp³-hybridized carbons (Fsp3) is 0.927. The van der Waals surface area contributed by atoms with Gasteiger partial charge in [0.15, 0.2) is 0 Å². The highest BCUT2D eigenvalue weighted by atomic mass is 16.5. The number of allylic oxidation sites excluding steroid dienone is 4. The monoisotopic (exact) mass is 1240 g/mol. The van der Waals surface area contributed by atoms with Crippen LogP contribution in [0.25, 0.3) is 0 Å². The van der Waals surface area contributed by atoms with Crippen molar-refractivity contribution in [1.29, 1.82) is 0 Å². The van der Waals surface area contributed by atoms with Crippen molar-refractivity contribution < 1.29 is 24.5 Å². The lowest BCUT2D eigenvalue weighted by molar-refractivity contribution is -0.143. The van der Waals surface area contributed by atoms with Crippen molar-refractivity contribution in [1.82, 2.24) is 5.32 Å². The Bertz CT molecular complexity index is 1380. The maximum absolute atomic E-state index is 12.6. The van der Waals surface area contributed by atoms with E-state index in [4.69, 9.17) is 4.74 Å². The minimum atomic E-state index is -0.663. The molecular formula is C82H159NO5. The van der Waals surface area contributed by atoms with Crippen LogP contribution in [-0.2, 0) is 14.3 Å². The van der Waals surface area contributed by atoms with E-state index in [9.17, 15) is 19.8 Å². The zero-order valence-corrected chi connectivity index (χ0v) is 60.0. The van der Waals surface area contributed by atoms with Crippen LogP contribution < -0.4 is 5.32 Å². The molecule has 6 nitrogen and oxygen atoms in total.